The number of ketones is 1. The molecule has 1 fully saturated rings. The Hall–Kier alpha value is -4.05. The molecule has 1 atom stereocenters. The van der Waals surface area contributed by atoms with Crippen LogP contribution in [0.5, 0.6) is 0 Å². The molecule has 0 spiro atoms. The molecule has 1 N–H and O–H groups in total. The molecule has 2 aromatic heterocycles. The van der Waals surface area contributed by atoms with Crippen LogP contribution in [0.1, 0.15) is 48.8 Å². The second-order valence-corrected chi connectivity index (χ2v) is 9.16. The van der Waals surface area contributed by atoms with Gasteiger partial charge in [-0.1, -0.05) is 32.0 Å². The van der Waals surface area contributed by atoms with E-state index < -0.39 is 22.7 Å². The van der Waals surface area contributed by atoms with Crippen LogP contribution in [0, 0.1) is 24.0 Å². The van der Waals surface area contributed by atoms with Crippen molar-refractivity contribution in [2.75, 3.05) is 26.2 Å². The van der Waals surface area contributed by atoms with E-state index in [1.165, 1.54) is 23.1 Å². The number of likely N-dealkylation sites (tertiary alicyclic amines) is 1. The lowest BCUT2D eigenvalue weighted by Gasteiger charge is -2.26. The summed E-state index contributed by atoms with van der Waals surface area (Å²) in [6.07, 6.45) is 2.41. The minimum atomic E-state index is -0.970. The van der Waals surface area contributed by atoms with Crippen molar-refractivity contribution < 1.29 is 19.6 Å². The molecule has 1 saturated heterocycles. The van der Waals surface area contributed by atoms with Crippen molar-refractivity contribution in [3.05, 3.63) is 80.8 Å². The smallest absolute Gasteiger partial charge is 0.295 e. The predicted octanol–water partition coefficient (Wildman–Crippen LogP) is 4.01. The third-order valence-electron chi connectivity index (χ3n) is 7.01. The number of aliphatic hydroxyl groups excluding tert-OH is 1. The number of aliphatic hydroxyl groups is 1. The van der Waals surface area contributed by atoms with Crippen LogP contribution in [0.3, 0.4) is 0 Å². The third-order valence-corrected chi connectivity index (χ3v) is 7.01. The molecule has 0 aliphatic carbocycles. The summed E-state index contributed by atoms with van der Waals surface area (Å²) in [5.41, 5.74) is 2.44. The number of imidazole rings is 1. The second kappa shape index (κ2) is 10.5. The molecular formula is C27H31N5O5. The number of aromatic nitrogens is 2. The van der Waals surface area contributed by atoms with Crippen LogP contribution in [-0.4, -0.2) is 67.1 Å². The maximum Gasteiger partial charge on any atom is 0.295 e. The number of nitro groups is 1. The highest BCUT2D eigenvalue weighted by Crippen LogP contribution is 2.40. The van der Waals surface area contributed by atoms with Gasteiger partial charge in [0.15, 0.2) is 5.76 Å². The van der Waals surface area contributed by atoms with Crippen molar-refractivity contribution in [2.45, 2.75) is 40.2 Å². The monoisotopic (exact) mass is 505 g/mol. The highest BCUT2D eigenvalue weighted by Gasteiger charge is 2.46. The summed E-state index contributed by atoms with van der Waals surface area (Å²) in [6.45, 7) is 10.5. The Morgan fingerprint density at radius 3 is 2.54 bits per heavy atom. The molecule has 0 bridgehead atoms. The first-order valence-corrected chi connectivity index (χ1v) is 12.4. The molecule has 0 saturated carbocycles. The molecule has 0 radical (unpaired) electrons. The number of non-ortho nitro benzene ring substituents is 1. The lowest BCUT2D eigenvalue weighted by atomic mass is 9.96. The van der Waals surface area contributed by atoms with Gasteiger partial charge in [0.25, 0.3) is 17.4 Å². The van der Waals surface area contributed by atoms with E-state index >= 15 is 0 Å². The average Bonchev–Trinajstić information content (AvgIpc) is 3.36. The number of carbonyl (C=O) groups excluding carboxylic acids is 2. The average molecular weight is 506 g/mol. The molecule has 1 amide bonds. The number of benzene rings is 1. The highest BCUT2D eigenvalue weighted by molar-refractivity contribution is 6.46. The molecule has 194 valence electrons. The predicted molar refractivity (Wildman–Crippen MR) is 139 cm³/mol. The largest absolute Gasteiger partial charge is 0.505 e. The van der Waals surface area contributed by atoms with E-state index in [0.717, 1.165) is 25.2 Å². The van der Waals surface area contributed by atoms with Gasteiger partial charge in [0.1, 0.15) is 11.3 Å². The summed E-state index contributed by atoms with van der Waals surface area (Å²) in [5, 5.41) is 22.9. The first kappa shape index (κ1) is 26.0. The summed E-state index contributed by atoms with van der Waals surface area (Å²) >= 11 is 0. The van der Waals surface area contributed by atoms with Gasteiger partial charge < -0.3 is 19.3 Å². The highest BCUT2D eigenvalue weighted by atomic mass is 16.6. The van der Waals surface area contributed by atoms with Gasteiger partial charge in [0.05, 0.1) is 22.2 Å². The third kappa shape index (κ3) is 4.72. The summed E-state index contributed by atoms with van der Waals surface area (Å²) in [5.74, 6) is -1.96. The van der Waals surface area contributed by atoms with Crippen molar-refractivity contribution in [3.8, 4) is 0 Å². The van der Waals surface area contributed by atoms with Crippen LogP contribution in [0.25, 0.3) is 11.4 Å². The fraction of sp³-hybridized carbons (Fsp3) is 0.370. The van der Waals surface area contributed by atoms with Crippen molar-refractivity contribution in [2.24, 2.45) is 0 Å². The summed E-state index contributed by atoms with van der Waals surface area (Å²) in [4.78, 5) is 45.7. The van der Waals surface area contributed by atoms with E-state index in [0.29, 0.717) is 23.3 Å². The van der Waals surface area contributed by atoms with Crippen LogP contribution >= 0.6 is 0 Å². The lowest BCUT2D eigenvalue weighted by molar-refractivity contribution is -0.384. The molecule has 1 aromatic carbocycles. The molecule has 37 heavy (non-hydrogen) atoms. The van der Waals surface area contributed by atoms with Crippen molar-refractivity contribution in [3.63, 3.8) is 0 Å². The zero-order valence-corrected chi connectivity index (χ0v) is 21.5. The zero-order valence-electron chi connectivity index (χ0n) is 21.5. The fourth-order valence-electron chi connectivity index (χ4n) is 4.94. The molecule has 4 rings (SSSR count). The first-order valence-electron chi connectivity index (χ1n) is 12.4. The van der Waals surface area contributed by atoms with Crippen molar-refractivity contribution in [1.29, 1.82) is 0 Å². The minimum Gasteiger partial charge on any atom is -0.505 e. The summed E-state index contributed by atoms with van der Waals surface area (Å²) < 4.78 is 1.81. The van der Waals surface area contributed by atoms with Gasteiger partial charge in [-0.15, -0.1) is 0 Å². The number of fused-ring (bicyclic) bond motifs is 1. The Kier molecular flexibility index (Phi) is 7.40. The van der Waals surface area contributed by atoms with E-state index in [1.54, 1.807) is 13.0 Å². The second-order valence-electron chi connectivity index (χ2n) is 9.16. The number of Topliss-reactive ketones (excluding diaryl/α,β-unsaturated/α-hetero) is 1. The van der Waals surface area contributed by atoms with Crippen molar-refractivity contribution >= 4 is 28.8 Å². The summed E-state index contributed by atoms with van der Waals surface area (Å²) in [7, 11) is 0. The molecule has 1 unspecified atom stereocenters. The Morgan fingerprint density at radius 1 is 1.16 bits per heavy atom. The Balaban J connectivity index is 1.85. The zero-order chi connectivity index (χ0) is 26.9. The van der Waals surface area contributed by atoms with Gasteiger partial charge in [0, 0.05) is 24.9 Å². The van der Waals surface area contributed by atoms with Crippen LogP contribution in [0.2, 0.25) is 0 Å². The SMILES string of the molecule is CCN(CC)CCCN1C(=O)C(=O)C(=C(O)c2nc3c(C)cccn3c2C)C1c1cccc([N+](=O)[O-])c1. The number of hydrogen-bond acceptors (Lipinski definition) is 7. The maximum atomic E-state index is 13.3. The normalized spacial score (nSPS) is 17.3. The van der Waals surface area contributed by atoms with E-state index in [-0.39, 0.29) is 29.3 Å². The molecule has 10 nitrogen and oxygen atoms in total. The van der Waals surface area contributed by atoms with Gasteiger partial charge in [0.2, 0.25) is 0 Å². The van der Waals surface area contributed by atoms with Gasteiger partial charge in [-0.05, 0) is 57.1 Å². The van der Waals surface area contributed by atoms with Gasteiger partial charge in [-0.3, -0.25) is 19.7 Å². The Morgan fingerprint density at radius 2 is 1.89 bits per heavy atom. The van der Waals surface area contributed by atoms with E-state index in [2.05, 4.69) is 23.7 Å². The van der Waals surface area contributed by atoms with Crippen LogP contribution in [-0.2, 0) is 9.59 Å². The number of nitrogens with zero attached hydrogens (tertiary/aromatic N) is 5. The molecule has 10 heteroatoms. The number of amides is 1. The number of nitro benzene ring substituents is 1. The Bertz CT molecular complexity index is 1410. The molecular weight excluding hydrogens is 474 g/mol. The Labute approximate surface area is 215 Å². The van der Waals surface area contributed by atoms with E-state index in [9.17, 15) is 24.8 Å². The molecule has 3 heterocycles. The van der Waals surface area contributed by atoms with Crippen molar-refractivity contribution in [1.82, 2.24) is 19.2 Å². The molecule has 3 aromatic rings. The topological polar surface area (TPSA) is 121 Å². The number of pyridine rings is 1. The van der Waals surface area contributed by atoms with E-state index in [4.69, 9.17) is 0 Å². The minimum absolute atomic E-state index is 0.113. The van der Waals surface area contributed by atoms with E-state index in [1.807, 2.05) is 29.7 Å². The van der Waals surface area contributed by atoms with Gasteiger partial charge in [-0.25, -0.2) is 4.98 Å². The number of aryl methyl sites for hydroxylation is 2. The van der Waals surface area contributed by atoms with Gasteiger partial charge >= 0.3 is 0 Å². The molecule has 1 aliphatic rings. The van der Waals surface area contributed by atoms with Crippen LogP contribution in [0.4, 0.5) is 5.69 Å². The maximum absolute atomic E-state index is 13.3. The fourth-order valence-corrected chi connectivity index (χ4v) is 4.94. The van der Waals surface area contributed by atoms with Gasteiger partial charge in [-0.2, -0.15) is 0 Å². The number of carbonyl (C=O) groups is 2. The quantitative estimate of drug-likeness (QED) is 0.153. The van der Waals surface area contributed by atoms with Crippen LogP contribution in [0.15, 0.2) is 48.2 Å². The lowest BCUT2D eigenvalue weighted by Crippen LogP contribution is -2.33. The number of hydrogen-bond donors (Lipinski definition) is 1. The number of rotatable bonds is 9. The summed E-state index contributed by atoms with van der Waals surface area (Å²) in [6, 6.07) is 8.63. The standard InChI is InChI=1S/C27H31N5O5/c1-5-29(6-2)13-9-15-31-23(19-11-7-12-20(16-19)32(36)37)21(25(34)27(31)35)24(33)22-18(4)30-14-8-10-17(3)26(30)28-22/h7-8,10-12,14,16,23,33H,5-6,9,13,15H2,1-4H3. The molecule has 1 aliphatic heterocycles. The van der Waals surface area contributed by atoms with Crippen LogP contribution < -0.4 is 0 Å². The first-order chi connectivity index (χ1) is 17.7.